The first-order valence-corrected chi connectivity index (χ1v) is 7.69. The lowest BCUT2D eigenvalue weighted by molar-refractivity contribution is 0.0205. The van der Waals surface area contributed by atoms with E-state index in [1.807, 2.05) is 40.0 Å². The summed E-state index contributed by atoms with van der Waals surface area (Å²) in [6, 6.07) is 4.02. The molecule has 1 aromatic rings. The van der Waals surface area contributed by atoms with Crippen LogP contribution in [0.4, 0.5) is 16.3 Å². The number of nitrogen functional groups attached to an aromatic ring is 1. The normalized spacial score (nSPS) is 16.5. The molecule has 0 spiro atoms. The summed E-state index contributed by atoms with van der Waals surface area (Å²) in [6.45, 7) is 7.03. The molecule has 0 bridgehead atoms. The van der Waals surface area contributed by atoms with Crippen molar-refractivity contribution in [1.82, 2.24) is 9.88 Å². The van der Waals surface area contributed by atoms with Gasteiger partial charge in [-0.15, -0.1) is 0 Å². The van der Waals surface area contributed by atoms with Crippen molar-refractivity contribution in [3.63, 3.8) is 0 Å². The van der Waals surface area contributed by atoms with Crippen LogP contribution in [0.1, 0.15) is 33.6 Å². The molecule has 0 radical (unpaired) electrons. The molecule has 0 unspecified atom stereocenters. The third-order valence-corrected chi connectivity index (χ3v) is 3.81. The predicted molar refractivity (Wildman–Crippen MR) is 87.9 cm³/mol. The number of ether oxygens (including phenoxy) is 1. The van der Waals surface area contributed by atoms with Crippen LogP contribution in [0.25, 0.3) is 0 Å². The summed E-state index contributed by atoms with van der Waals surface area (Å²) >= 11 is 0. The quantitative estimate of drug-likeness (QED) is 0.909. The van der Waals surface area contributed by atoms with E-state index in [-0.39, 0.29) is 6.09 Å². The summed E-state index contributed by atoms with van der Waals surface area (Å²) in [5.41, 5.74) is 6.21. The Labute approximate surface area is 132 Å². The van der Waals surface area contributed by atoms with Crippen LogP contribution in [0, 0.1) is 0 Å². The molecule has 0 saturated carbocycles. The fourth-order valence-corrected chi connectivity index (χ4v) is 2.64. The second-order valence-corrected chi connectivity index (χ2v) is 6.73. The van der Waals surface area contributed by atoms with Gasteiger partial charge in [0.1, 0.15) is 5.60 Å². The summed E-state index contributed by atoms with van der Waals surface area (Å²) in [5.74, 6) is 0.804. The van der Waals surface area contributed by atoms with Gasteiger partial charge in [-0.25, -0.2) is 9.78 Å². The minimum atomic E-state index is -0.451. The zero-order valence-corrected chi connectivity index (χ0v) is 13.9. The van der Waals surface area contributed by atoms with Gasteiger partial charge in [0, 0.05) is 32.4 Å². The van der Waals surface area contributed by atoms with Crippen LogP contribution in [0.3, 0.4) is 0 Å². The fourth-order valence-electron chi connectivity index (χ4n) is 2.64. The van der Waals surface area contributed by atoms with Crippen LogP contribution in [-0.2, 0) is 4.74 Å². The second-order valence-electron chi connectivity index (χ2n) is 6.73. The van der Waals surface area contributed by atoms with Crippen LogP contribution >= 0.6 is 0 Å². The Hall–Kier alpha value is -1.98. The first-order valence-electron chi connectivity index (χ1n) is 7.69. The first-order chi connectivity index (χ1) is 10.3. The van der Waals surface area contributed by atoms with Gasteiger partial charge in [0.25, 0.3) is 0 Å². The number of hydrogen-bond acceptors (Lipinski definition) is 5. The van der Waals surface area contributed by atoms with Crippen molar-refractivity contribution >= 4 is 17.6 Å². The molecule has 0 aromatic carbocycles. The van der Waals surface area contributed by atoms with Crippen LogP contribution < -0.4 is 10.6 Å². The lowest BCUT2D eigenvalue weighted by Gasteiger charge is -2.38. The Kier molecular flexibility index (Phi) is 4.78. The van der Waals surface area contributed by atoms with Crippen LogP contribution in [0.2, 0.25) is 0 Å². The van der Waals surface area contributed by atoms with E-state index in [0.717, 1.165) is 18.7 Å². The van der Waals surface area contributed by atoms with Crippen molar-refractivity contribution in [2.45, 2.75) is 45.3 Å². The molecule has 1 aromatic heterocycles. The maximum Gasteiger partial charge on any atom is 0.410 e. The molecule has 1 aliphatic rings. The number of nitrogens with zero attached hydrogens (tertiary/aromatic N) is 3. The third-order valence-electron chi connectivity index (χ3n) is 3.81. The Morgan fingerprint density at radius 3 is 2.59 bits per heavy atom. The number of carbonyl (C=O) groups excluding carboxylic acids is 1. The van der Waals surface area contributed by atoms with Gasteiger partial charge in [-0.05, 0) is 45.7 Å². The first kappa shape index (κ1) is 16.4. The molecule has 1 saturated heterocycles. The minimum absolute atomic E-state index is 0.231. The average Bonchev–Trinajstić information content (AvgIpc) is 2.45. The molecule has 0 atom stereocenters. The Bertz CT molecular complexity index is 519. The van der Waals surface area contributed by atoms with Crippen molar-refractivity contribution in [3.8, 4) is 0 Å². The number of nitrogens with two attached hydrogens (primary N) is 1. The smallest absolute Gasteiger partial charge is 0.410 e. The lowest BCUT2D eigenvalue weighted by atomic mass is 10.0. The number of likely N-dealkylation sites (tertiary alicyclic amines) is 1. The molecular formula is C16H26N4O2. The number of aromatic nitrogens is 1. The van der Waals surface area contributed by atoms with Gasteiger partial charge in [0.2, 0.25) is 0 Å². The van der Waals surface area contributed by atoms with Gasteiger partial charge in [0.05, 0.1) is 5.69 Å². The maximum absolute atomic E-state index is 12.1. The zero-order chi connectivity index (χ0) is 16.3. The molecule has 1 amide bonds. The Morgan fingerprint density at radius 1 is 1.41 bits per heavy atom. The molecule has 6 nitrogen and oxygen atoms in total. The van der Waals surface area contributed by atoms with Gasteiger partial charge in [-0.3, -0.25) is 0 Å². The standard InChI is InChI=1S/C16H26N4O2/c1-16(2,3)22-15(21)20-10-7-12(8-11-20)19(4)14-13(17)6-5-9-18-14/h5-6,9,12H,7-8,10-11,17H2,1-4H3. The molecule has 1 fully saturated rings. The fraction of sp³-hybridized carbons (Fsp3) is 0.625. The summed E-state index contributed by atoms with van der Waals surface area (Å²) in [7, 11) is 2.01. The second kappa shape index (κ2) is 6.42. The summed E-state index contributed by atoms with van der Waals surface area (Å²) < 4.78 is 5.42. The number of pyridine rings is 1. The highest BCUT2D eigenvalue weighted by Crippen LogP contribution is 2.25. The number of amides is 1. The van der Waals surface area contributed by atoms with Crippen molar-refractivity contribution in [2.75, 3.05) is 30.8 Å². The molecular weight excluding hydrogens is 280 g/mol. The van der Waals surface area contributed by atoms with E-state index in [0.29, 0.717) is 24.8 Å². The van der Waals surface area contributed by atoms with Gasteiger partial charge in [0.15, 0.2) is 5.82 Å². The van der Waals surface area contributed by atoms with Gasteiger partial charge in [-0.2, -0.15) is 0 Å². The number of carbonyl (C=O) groups is 1. The number of anilines is 2. The Morgan fingerprint density at radius 2 is 2.05 bits per heavy atom. The van der Waals surface area contributed by atoms with E-state index in [1.165, 1.54) is 0 Å². The molecule has 22 heavy (non-hydrogen) atoms. The SMILES string of the molecule is CN(c1ncccc1N)C1CCN(C(=O)OC(C)(C)C)CC1. The summed E-state index contributed by atoms with van der Waals surface area (Å²) in [4.78, 5) is 20.3. The molecule has 2 N–H and O–H groups in total. The van der Waals surface area contributed by atoms with Crippen LogP contribution in [0.5, 0.6) is 0 Å². The number of hydrogen-bond donors (Lipinski definition) is 1. The van der Waals surface area contributed by atoms with Gasteiger partial charge < -0.3 is 20.3 Å². The van der Waals surface area contributed by atoms with E-state index in [1.54, 1.807) is 11.1 Å². The maximum atomic E-state index is 12.1. The molecule has 122 valence electrons. The highest BCUT2D eigenvalue weighted by molar-refractivity contribution is 5.68. The predicted octanol–water partition coefficient (Wildman–Crippen LogP) is 2.50. The van der Waals surface area contributed by atoms with E-state index < -0.39 is 5.60 Å². The van der Waals surface area contributed by atoms with Gasteiger partial charge >= 0.3 is 6.09 Å². The van der Waals surface area contributed by atoms with E-state index >= 15 is 0 Å². The topological polar surface area (TPSA) is 71.7 Å². The molecule has 0 aliphatic carbocycles. The number of piperidine rings is 1. The van der Waals surface area contributed by atoms with Crippen molar-refractivity contribution in [1.29, 1.82) is 0 Å². The largest absolute Gasteiger partial charge is 0.444 e. The van der Waals surface area contributed by atoms with Crippen molar-refractivity contribution in [3.05, 3.63) is 18.3 Å². The zero-order valence-electron chi connectivity index (χ0n) is 13.9. The molecule has 2 rings (SSSR count). The molecule has 1 aliphatic heterocycles. The molecule has 2 heterocycles. The average molecular weight is 306 g/mol. The van der Waals surface area contributed by atoms with Crippen LogP contribution in [-0.4, -0.2) is 47.8 Å². The Balaban J connectivity index is 1.92. The third kappa shape index (κ3) is 4.02. The van der Waals surface area contributed by atoms with Gasteiger partial charge in [-0.1, -0.05) is 0 Å². The van der Waals surface area contributed by atoms with E-state index in [9.17, 15) is 4.79 Å². The van der Waals surface area contributed by atoms with Crippen molar-refractivity contribution in [2.24, 2.45) is 0 Å². The van der Waals surface area contributed by atoms with E-state index in [2.05, 4.69) is 9.88 Å². The van der Waals surface area contributed by atoms with Crippen molar-refractivity contribution < 1.29 is 9.53 Å². The summed E-state index contributed by atoms with van der Waals surface area (Å²) in [6.07, 6.45) is 3.28. The van der Waals surface area contributed by atoms with Crippen LogP contribution in [0.15, 0.2) is 18.3 Å². The molecule has 6 heteroatoms. The summed E-state index contributed by atoms with van der Waals surface area (Å²) in [5, 5.41) is 0. The lowest BCUT2D eigenvalue weighted by Crippen LogP contribution is -2.47. The highest BCUT2D eigenvalue weighted by atomic mass is 16.6. The highest BCUT2D eigenvalue weighted by Gasteiger charge is 2.29. The minimum Gasteiger partial charge on any atom is -0.444 e. The monoisotopic (exact) mass is 306 g/mol. The van der Waals surface area contributed by atoms with E-state index in [4.69, 9.17) is 10.5 Å². The number of rotatable bonds is 2.